The highest BCUT2D eigenvalue weighted by atomic mass is 16.2. The fourth-order valence-electron chi connectivity index (χ4n) is 1.07. The van der Waals surface area contributed by atoms with Crippen LogP contribution in [0.15, 0.2) is 0 Å². The van der Waals surface area contributed by atoms with E-state index >= 15 is 0 Å². The summed E-state index contributed by atoms with van der Waals surface area (Å²) in [6.45, 7) is 1.87. The molecule has 8 N–H and O–H groups in total. The first-order valence-corrected chi connectivity index (χ1v) is 4.61. The fraction of sp³-hybridized carbons (Fsp3) is 0.625. The molecule has 0 aliphatic heterocycles. The zero-order valence-electron chi connectivity index (χ0n) is 8.75. The first kappa shape index (κ1) is 13.2. The molecule has 1 atom stereocenters. The Bertz CT molecular complexity index is 260. The van der Waals surface area contributed by atoms with E-state index in [9.17, 15) is 9.59 Å². The van der Waals surface area contributed by atoms with Gasteiger partial charge in [-0.15, -0.1) is 0 Å². The molecule has 0 fully saturated rings. The lowest BCUT2D eigenvalue weighted by Crippen LogP contribution is -2.78. The van der Waals surface area contributed by atoms with Crippen LogP contribution >= 0.6 is 0 Å². The van der Waals surface area contributed by atoms with Gasteiger partial charge in [0.25, 0.3) is 0 Å². The highest BCUT2D eigenvalue weighted by molar-refractivity contribution is 5.85. The molecule has 0 radical (unpaired) electrons. The standard InChI is InChI=1S/C8H17N5O2/c1-5(14)13-6(7(9)15)3-2-4-12-8(10)11/h6H,2-4H2,1H3,(H2,9,15)(H,13,14)(H4,10,11,12)/p+1/t6-/m0/s1. The van der Waals surface area contributed by atoms with E-state index in [-0.39, 0.29) is 11.9 Å². The van der Waals surface area contributed by atoms with Crippen LogP contribution in [0, 0.1) is 0 Å². The zero-order valence-corrected chi connectivity index (χ0v) is 8.75. The van der Waals surface area contributed by atoms with Crippen molar-refractivity contribution in [2.24, 2.45) is 17.2 Å². The summed E-state index contributed by atoms with van der Waals surface area (Å²) in [6, 6.07) is -0.636. The lowest BCUT2D eigenvalue weighted by atomic mass is 10.1. The van der Waals surface area contributed by atoms with E-state index < -0.39 is 11.9 Å². The van der Waals surface area contributed by atoms with Crippen LogP contribution in [-0.2, 0) is 9.59 Å². The molecule has 0 heterocycles. The number of hydrogen-bond acceptors (Lipinski definition) is 2. The summed E-state index contributed by atoms with van der Waals surface area (Å²) < 4.78 is 0. The van der Waals surface area contributed by atoms with Gasteiger partial charge in [-0.2, -0.15) is 0 Å². The zero-order chi connectivity index (χ0) is 11.8. The Kier molecular flexibility index (Phi) is 5.84. The highest BCUT2D eigenvalue weighted by Gasteiger charge is 2.15. The van der Waals surface area contributed by atoms with Crippen LogP contribution in [0.4, 0.5) is 0 Å². The van der Waals surface area contributed by atoms with Crippen molar-refractivity contribution in [1.29, 1.82) is 0 Å². The molecule has 7 heteroatoms. The van der Waals surface area contributed by atoms with Gasteiger partial charge >= 0.3 is 5.96 Å². The Morgan fingerprint density at radius 2 is 1.93 bits per heavy atom. The minimum atomic E-state index is -0.636. The Morgan fingerprint density at radius 1 is 1.33 bits per heavy atom. The third-order valence-electron chi connectivity index (χ3n) is 1.72. The summed E-state index contributed by atoms with van der Waals surface area (Å²) in [6.07, 6.45) is 1.08. The van der Waals surface area contributed by atoms with Crippen molar-refractivity contribution in [3.05, 3.63) is 0 Å². The summed E-state index contributed by atoms with van der Waals surface area (Å²) in [5, 5.41) is 2.46. The van der Waals surface area contributed by atoms with Gasteiger partial charge in [-0.3, -0.25) is 26.0 Å². The lowest BCUT2D eigenvalue weighted by molar-refractivity contribution is -0.459. The molecule has 0 aromatic heterocycles. The number of rotatable bonds is 6. The summed E-state index contributed by atoms with van der Waals surface area (Å²) in [7, 11) is 0. The third-order valence-corrected chi connectivity index (χ3v) is 1.72. The molecule has 0 aromatic carbocycles. The Hall–Kier alpha value is -1.79. The molecule has 0 spiro atoms. The number of nitrogens with two attached hydrogens (primary N) is 3. The molecule has 0 aromatic rings. The molecule has 15 heavy (non-hydrogen) atoms. The van der Waals surface area contributed by atoms with Crippen LogP contribution in [0.3, 0.4) is 0 Å². The van der Waals surface area contributed by atoms with E-state index in [1.807, 2.05) is 0 Å². The van der Waals surface area contributed by atoms with Gasteiger partial charge in [-0.1, -0.05) is 0 Å². The Labute approximate surface area is 88.1 Å². The molecule has 0 aliphatic carbocycles. The van der Waals surface area contributed by atoms with Crippen LogP contribution in [0.25, 0.3) is 0 Å². The van der Waals surface area contributed by atoms with Crippen molar-refractivity contribution in [3.8, 4) is 0 Å². The van der Waals surface area contributed by atoms with Gasteiger partial charge in [0.15, 0.2) is 0 Å². The average Bonchev–Trinajstić information content (AvgIpc) is 2.08. The summed E-state index contributed by atoms with van der Waals surface area (Å²) in [4.78, 5) is 24.3. The van der Waals surface area contributed by atoms with Crippen LogP contribution in [0.2, 0.25) is 0 Å². The van der Waals surface area contributed by atoms with Crippen LogP contribution < -0.4 is 27.5 Å². The van der Waals surface area contributed by atoms with E-state index in [4.69, 9.17) is 17.2 Å². The average molecular weight is 216 g/mol. The summed E-state index contributed by atoms with van der Waals surface area (Å²) >= 11 is 0. The number of primary amides is 1. The first-order chi connectivity index (χ1) is 6.93. The molecule has 86 valence electrons. The van der Waals surface area contributed by atoms with E-state index in [0.29, 0.717) is 19.4 Å². The summed E-state index contributed by atoms with van der Waals surface area (Å²) in [5.41, 5.74) is 15.4. The van der Waals surface area contributed by atoms with Gasteiger partial charge in [0.2, 0.25) is 11.8 Å². The predicted octanol–water partition coefficient (Wildman–Crippen LogP) is -3.89. The third kappa shape index (κ3) is 7.29. The van der Waals surface area contributed by atoms with Crippen LogP contribution in [0.5, 0.6) is 0 Å². The molecule has 7 nitrogen and oxygen atoms in total. The maximum absolute atomic E-state index is 10.9. The maximum atomic E-state index is 10.9. The van der Waals surface area contributed by atoms with Gasteiger partial charge in [-0.05, 0) is 12.8 Å². The highest BCUT2D eigenvalue weighted by Crippen LogP contribution is 1.94. The van der Waals surface area contributed by atoms with Gasteiger partial charge in [0.05, 0.1) is 6.54 Å². The normalized spacial score (nSPS) is 11.5. The number of guanidine groups is 1. The van der Waals surface area contributed by atoms with E-state index in [2.05, 4.69) is 10.3 Å². The lowest BCUT2D eigenvalue weighted by Gasteiger charge is -2.12. The van der Waals surface area contributed by atoms with E-state index in [0.717, 1.165) is 0 Å². The molecule has 0 saturated carbocycles. The molecular formula is C8H18N5O2+. The predicted molar refractivity (Wildman–Crippen MR) is 55.2 cm³/mol. The van der Waals surface area contributed by atoms with Crippen LogP contribution in [0.1, 0.15) is 19.8 Å². The Morgan fingerprint density at radius 3 is 2.33 bits per heavy atom. The van der Waals surface area contributed by atoms with Crippen molar-refractivity contribution in [2.75, 3.05) is 6.54 Å². The van der Waals surface area contributed by atoms with Crippen molar-refractivity contribution >= 4 is 17.8 Å². The minimum Gasteiger partial charge on any atom is -0.368 e. The number of nitrogens with one attached hydrogen (secondary N) is 2. The molecule has 0 rings (SSSR count). The first-order valence-electron chi connectivity index (χ1n) is 4.61. The van der Waals surface area contributed by atoms with Crippen molar-refractivity contribution in [2.45, 2.75) is 25.8 Å². The Balaban J connectivity index is 3.92. The molecule has 0 aliphatic rings. The van der Waals surface area contributed by atoms with Gasteiger partial charge in [0, 0.05) is 6.92 Å². The molecular weight excluding hydrogens is 198 g/mol. The molecule has 2 amide bonds. The number of amides is 2. The quantitative estimate of drug-likeness (QED) is 0.176. The second-order valence-corrected chi connectivity index (χ2v) is 3.18. The minimum absolute atomic E-state index is 0.130. The SMILES string of the molecule is CC(=O)N[C@@H](CCC[NH+]=C(N)N)C(N)=O. The number of carbonyl (C=O) groups is 2. The van der Waals surface area contributed by atoms with Gasteiger partial charge in [-0.25, -0.2) is 0 Å². The van der Waals surface area contributed by atoms with Gasteiger partial charge in [0.1, 0.15) is 6.04 Å². The van der Waals surface area contributed by atoms with Crippen molar-refractivity contribution in [1.82, 2.24) is 5.32 Å². The van der Waals surface area contributed by atoms with Crippen molar-refractivity contribution in [3.63, 3.8) is 0 Å². The largest absolute Gasteiger partial charge is 0.368 e. The second-order valence-electron chi connectivity index (χ2n) is 3.18. The van der Waals surface area contributed by atoms with Gasteiger partial charge < -0.3 is 11.1 Å². The number of carbonyl (C=O) groups excluding carboxylic acids is 2. The smallest absolute Gasteiger partial charge is 0.338 e. The van der Waals surface area contributed by atoms with E-state index in [1.54, 1.807) is 0 Å². The second kappa shape index (κ2) is 6.63. The molecule has 0 bridgehead atoms. The fourth-order valence-corrected chi connectivity index (χ4v) is 1.07. The number of hydrogen-bond donors (Lipinski definition) is 5. The maximum Gasteiger partial charge on any atom is 0.338 e. The topological polar surface area (TPSA) is 138 Å². The van der Waals surface area contributed by atoms with Crippen LogP contribution in [-0.4, -0.2) is 30.4 Å². The summed E-state index contributed by atoms with van der Waals surface area (Å²) in [5.74, 6) is -0.697. The monoisotopic (exact) mass is 216 g/mol. The van der Waals surface area contributed by atoms with E-state index in [1.165, 1.54) is 6.92 Å². The molecule has 0 unspecified atom stereocenters. The molecule has 0 saturated heterocycles. The van der Waals surface area contributed by atoms with Crippen molar-refractivity contribution < 1.29 is 14.6 Å².